The van der Waals surface area contributed by atoms with Crippen LogP contribution >= 0.6 is 0 Å². The van der Waals surface area contributed by atoms with Crippen molar-refractivity contribution < 1.29 is 9.18 Å². The number of amides is 1. The van der Waals surface area contributed by atoms with Gasteiger partial charge in [-0.3, -0.25) is 4.79 Å². The summed E-state index contributed by atoms with van der Waals surface area (Å²) < 4.78 is 13.1. The second-order valence-corrected chi connectivity index (χ2v) is 4.22. The van der Waals surface area contributed by atoms with E-state index in [2.05, 4.69) is 0 Å². The van der Waals surface area contributed by atoms with Crippen LogP contribution in [0, 0.1) is 5.92 Å². The van der Waals surface area contributed by atoms with Crippen molar-refractivity contribution in [3.8, 4) is 0 Å². The summed E-state index contributed by atoms with van der Waals surface area (Å²) in [6.07, 6.45) is 3.01. The van der Waals surface area contributed by atoms with E-state index in [1.165, 1.54) is 0 Å². The number of nitrogens with zero attached hydrogens (tertiary/aromatic N) is 1. The Kier molecular flexibility index (Phi) is 4.36. The van der Waals surface area contributed by atoms with Gasteiger partial charge in [0.25, 0.3) is 0 Å². The highest BCUT2D eigenvalue weighted by molar-refractivity contribution is 5.78. The van der Waals surface area contributed by atoms with Crippen LogP contribution in [-0.2, 0) is 4.79 Å². The maximum absolute atomic E-state index is 13.1. The monoisotopic (exact) mass is 201 g/mol. The van der Waals surface area contributed by atoms with Gasteiger partial charge in [-0.1, -0.05) is 6.92 Å². The summed E-state index contributed by atoms with van der Waals surface area (Å²) in [6, 6.07) is 0. The Hall–Kier alpha value is -0.600. The van der Waals surface area contributed by atoms with Gasteiger partial charge in [-0.2, -0.15) is 0 Å². The minimum Gasteiger partial charge on any atom is -0.346 e. The molecule has 0 N–H and O–H groups in total. The van der Waals surface area contributed by atoms with Crippen LogP contribution in [0.4, 0.5) is 4.39 Å². The van der Waals surface area contributed by atoms with Crippen molar-refractivity contribution in [3.63, 3.8) is 0 Å². The van der Waals surface area contributed by atoms with Gasteiger partial charge in [0, 0.05) is 19.5 Å². The van der Waals surface area contributed by atoms with E-state index in [-0.39, 0.29) is 11.8 Å². The molecular formula is C11H20FNO. The Labute approximate surface area is 85.5 Å². The van der Waals surface area contributed by atoms with Crippen molar-refractivity contribution in [1.82, 2.24) is 4.90 Å². The minimum atomic E-state index is -0.757. The molecule has 1 saturated carbocycles. The van der Waals surface area contributed by atoms with Crippen molar-refractivity contribution in [2.45, 2.75) is 45.2 Å². The first-order valence-electron chi connectivity index (χ1n) is 5.54. The molecule has 82 valence electrons. The molecule has 0 radical (unpaired) electrons. The Morgan fingerprint density at radius 1 is 1.50 bits per heavy atom. The normalized spacial score (nSPS) is 27.4. The number of carbonyl (C=O) groups is 1. The molecule has 3 heteroatoms. The van der Waals surface area contributed by atoms with Gasteiger partial charge in [0.15, 0.2) is 0 Å². The first-order valence-corrected chi connectivity index (χ1v) is 5.54. The van der Waals surface area contributed by atoms with E-state index in [9.17, 15) is 9.18 Å². The van der Waals surface area contributed by atoms with E-state index in [0.717, 1.165) is 25.8 Å². The van der Waals surface area contributed by atoms with Crippen LogP contribution in [0.3, 0.4) is 0 Å². The van der Waals surface area contributed by atoms with Crippen LogP contribution in [0.5, 0.6) is 0 Å². The van der Waals surface area contributed by atoms with Crippen LogP contribution in [-0.4, -0.2) is 30.6 Å². The molecule has 14 heavy (non-hydrogen) atoms. The number of hydrogen-bond acceptors (Lipinski definition) is 1. The zero-order valence-corrected chi connectivity index (χ0v) is 9.13. The molecule has 0 aliphatic heterocycles. The molecule has 0 bridgehead atoms. The highest BCUT2D eigenvalue weighted by Gasteiger charge is 2.28. The molecule has 0 heterocycles. The quantitative estimate of drug-likeness (QED) is 0.686. The highest BCUT2D eigenvalue weighted by atomic mass is 19.1. The smallest absolute Gasteiger partial charge is 0.225 e. The molecule has 0 aromatic rings. The van der Waals surface area contributed by atoms with Gasteiger partial charge in [0.2, 0.25) is 5.91 Å². The van der Waals surface area contributed by atoms with E-state index < -0.39 is 6.17 Å². The fourth-order valence-corrected chi connectivity index (χ4v) is 2.11. The summed E-state index contributed by atoms with van der Waals surface area (Å²) in [5.74, 6) is 0.0736. The lowest BCUT2D eigenvalue weighted by Gasteiger charge is -2.27. The van der Waals surface area contributed by atoms with Crippen molar-refractivity contribution >= 4 is 5.91 Å². The van der Waals surface area contributed by atoms with E-state index in [1.807, 2.05) is 14.0 Å². The SMILES string of the molecule is CCCN(C)C(=O)[C@H]1CCC[C@H](F)C1. The Bertz CT molecular complexity index is 196. The minimum absolute atomic E-state index is 0.0599. The topological polar surface area (TPSA) is 20.3 Å². The van der Waals surface area contributed by atoms with E-state index in [4.69, 9.17) is 0 Å². The first-order chi connectivity index (χ1) is 6.65. The lowest BCUT2D eigenvalue weighted by Crippen LogP contribution is -2.36. The van der Waals surface area contributed by atoms with Gasteiger partial charge in [-0.25, -0.2) is 4.39 Å². The molecule has 1 rings (SSSR count). The van der Waals surface area contributed by atoms with Gasteiger partial charge in [0.05, 0.1) is 0 Å². The molecule has 1 fully saturated rings. The zero-order valence-electron chi connectivity index (χ0n) is 9.13. The number of rotatable bonds is 3. The molecule has 2 atom stereocenters. The van der Waals surface area contributed by atoms with Crippen molar-refractivity contribution in [2.24, 2.45) is 5.92 Å². The molecular weight excluding hydrogens is 181 g/mol. The van der Waals surface area contributed by atoms with Gasteiger partial charge in [-0.05, 0) is 32.1 Å². The fraction of sp³-hybridized carbons (Fsp3) is 0.909. The summed E-state index contributed by atoms with van der Waals surface area (Å²) in [5.41, 5.74) is 0. The van der Waals surface area contributed by atoms with Crippen LogP contribution in [0.1, 0.15) is 39.0 Å². The lowest BCUT2D eigenvalue weighted by molar-refractivity contribution is -0.135. The zero-order chi connectivity index (χ0) is 10.6. The number of hydrogen-bond donors (Lipinski definition) is 0. The lowest BCUT2D eigenvalue weighted by atomic mass is 9.87. The molecule has 0 saturated heterocycles. The summed E-state index contributed by atoms with van der Waals surface area (Å²) in [4.78, 5) is 13.5. The van der Waals surface area contributed by atoms with Gasteiger partial charge in [0.1, 0.15) is 6.17 Å². The Balaban J connectivity index is 2.42. The maximum Gasteiger partial charge on any atom is 0.225 e. The van der Waals surface area contributed by atoms with Crippen molar-refractivity contribution in [3.05, 3.63) is 0 Å². The molecule has 0 aromatic carbocycles. The third kappa shape index (κ3) is 2.96. The van der Waals surface area contributed by atoms with Crippen molar-refractivity contribution in [1.29, 1.82) is 0 Å². The van der Waals surface area contributed by atoms with Gasteiger partial charge >= 0.3 is 0 Å². The third-order valence-corrected chi connectivity index (χ3v) is 2.89. The molecule has 0 spiro atoms. The Morgan fingerprint density at radius 2 is 2.21 bits per heavy atom. The van der Waals surface area contributed by atoms with Crippen LogP contribution < -0.4 is 0 Å². The van der Waals surface area contributed by atoms with Crippen LogP contribution in [0.15, 0.2) is 0 Å². The average Bonchev–Trinajstić information content (AvgIpc) is 2.17. The van der Waals surface area contributed by atoms with Gasteiger partial charge in [-0.15, -0.1) is 0 Å². The van der Waals surface area contributed by atoms with Crippen LogP contribution in [0.25, 0.3) is 0 Å². The maximum atomic E-state index is 13.1. The second-order valence-electron chi connectivity index (χ2n) is 4.22. The highest BCUT2D eigenvalue weighted by Crippen LogP contribution is 2.27. The van der Waals surface area contributed by atoms with Crippen molar-refractivity contribution in [2.75, 3.05) is 13.6 Å². The van der Waals surface area contributed by atoms with E-state index in [1.54, 1.807) is 4.90 Å². The van der Waals surface area contributed by atoms with Gasteiger partial charge < -0.3 is 4.90 Å². The summed E-state index contributed by atoms with van der Waals surface area (Å²) in [6.45, 7) is 2.83. The predicted molar refractivity (Wildman–Crippen MR) is 54.8 cm³/mol. The third-order valence-electron chi connectivity index (χ3n) is 2.89. The molecule has 0 unspecified atom stereocenters. The number of halogens is 1. The largest absolute Gasteiger partial charge is 0.346 e. The van der Waals surface area contributed by atoms with E-state index in [0.29, 0.717) is 12.8 Å². The van der Waals surface area contributed by atoms with E-state index >= 15 is 0 Å². The molecule has 2 nitrogen and oxygen atoms in total. The van der Waals surface area contributed by atoms with Crippen LogP contribution in [0.2, 0.25) is 0 Å². The molecule has 1 aliphatic carbocycles. The summed E-state index contributed by atoms with van der Waals surface area (Å²) >= 11 is 0. The molecule has 0 aromatic heterocycles. The Morgan fingerprint density at radius 3 is 2.79 bits per heavy atom. The number of carbonyl (C=O) groups excluding carboxylic acids is 1. The average molecular weight is 201 g/mol. The second kappa shape index (κ2) is 5.32. The summed E-state index contributed by atoms with van der Waals surface area (Å²) in [7, 11) is 1.81. The summed E-state index contributed by atoms with van der Waals surface area (Å²) in [5, 5.41) is 0. The predicted octanol–water partition coefficient (Wildman–Crippen LogP) is 2.38. The molecule has 1 aliphatic rings. The molecule has 1 amide bonds. The standard InChI is InChI=1S/C11H20FNO/c1-3-7-13(2)11(14)9-5-4-6-10(12)8-9/h9-10H,3-8H2,1-2H3/t9-,10-/m0/s1. The fourth-order valence-electron chi connectivity index (χ4n) is 2.11. The number of alkyl halides is 1. The first kappa shape index (κ1) is 11.5.